The number of hydrogen-bond donors (Lipinski definition) is 2. The first kappa shape index (κ1) is 14.9. The quantitative estimate of drug-likeness (QED) is 0.729. The summed E-state index contributed by atoms with van der Waals surface area (Å²) >= 11 is 0. The van der Waals surface area contributed by atoms with E-state index in [2.05, 4.69) is 10.4 Å². The molecule has 0 saturated heterocycles. The Morgan fingerprint density at radius 3 is 2.88 bits per heavy atom. The summed E-state index contributed by atoms with van der Waals surface area (Å²) in [6.45, 7) is 4.10. The van der Waals surface area contributed by atoms with Crippen LogP contribution in [0.5, 0.6) is 0 Å². The van der Waals surface area contributed by atoms with Crippen LogP contribution in [0, 0.1) is 0 Å². The summed E-state index contributed by atoms with van der Waals surface area (Å²) in [5.74, 6) is -0.0632. The van der Waals surface area contributed by atoms with Crippen molar-refractivity contribution in [3.63, 3.8) is 0 Å². The number of halogens is 1. The van der Waals surface area contributed by atoms with E-state index >= 15 is 0 Å². The zero-order valence-corrected chi connectivity index (χ0v) is 10.3. The van der Waals surface area contributed by atoms with E-state index in [1.54, 1.807) is 17.1 Å². The number of carbonyl (C=O) groups is 1. The second-order valence-electron chi connectivity index (χ2n) is 3.34. The normalized spacial score (nSPS) is 9.62. The minimum atomic E-state index is -0.0632. The third kappa shape index (κ3) is 4.63. The number of nitrogens with two attached hydrogens (primary N) is 1. The molecule has 0 spiro atoms. The van der Waals surface area contributed by atoms with Gasteiger partial charge in [0.05, 0.1) is 11.8 Å². The zero-order chi connectivity index (χ0) is 11.1. The van der Waals surface area contributed by atoms with Crippen LogP contribution in [-0.4, -0.2) is 28.8 Å². The lowest BCUT2D eigenvalue weighted by molar-refractivity contribution is 0.0953. The Hall–Kier alpha value is -1.07. The van der Waals surface area contributed by atoms with Crippen molar-refractivity contribution in [1.29, 1.82) is 0 Å². The summed E-state index contributed by atoms with van der Waals surface area (Å²) < 4.78 is 1.73. The summed E-state index contributed by atoms with van der Waals surface area (Å²) in [7, 11) is 0. The predicted molar refractivity (Wildman–Crippen MR) is 65.8 cm³/mol. The van der Waals surface area contributed by atoms with Gasteiger partial charge in [-0.1, -0.05) is 0 Å². The van der Waals surface area contributed by atoms with Gasteiger partial charge in [-0.05, 0) is 26.3 Å². The minimum Gasteiger partial charge on any atom is -0.352 e. The van der Waals surface area contributed by atoms with Gasteiger partial charge in [-0.25, -0.2) is 0 Å². The van der Waals surface area contributed by atoms with Crippen molar-refractivity contribution in [3.05, 3.63) is 18.0 Å². The molecular formula is C10H19ClN4O. The highest BCUT2D eigenvalue weighted by molar-refractivity contribution is 5.93. The van der Waals surface area contributed by atoms with Gasteiger partial charge in [0.1, 0.15) is 0 Å². The lowest BCUT2D eigenvalue weighted by atomic mass is 10.3. The highest BCUT2D eigenvalue weighted by atomic mass is 35.5. The Morgan fingerprint density at radius 2 is 2.31 bits per heavy atom. The van der Waals surface area contributed by atoms with Crippen LogP contribution in [-0.2, 0) is 6.54 Å². The minimum absolute atomic E-state index is 0. The standard InChI is InChI=1S/C10H18N4O.ClH/c1-2-14-8-9(7-13-14)10(15)12-6-4-3-5-11;/h7-8H,2-6,11H2,1H3,(H,12,15);1H. The van der Waals surface area contributed by atoms with Gasteiger partial charge in [-0.15, -0.1) is 12.4 Å². The fraction of sp³-hybridized carbons (Fsp3) is 0.600. The third-order valence-corrected chi connectivity index (χ3v) is 2.14. The van der Waals surface area contributed by atoms with Gasteiger partial charge in [0, 0.05) is 19.3 Å². The SMILES string of the molecule is CCn1cc(C(=O)NCCCCN)cn1.Cl. The number of amides is 1. The highest BCUT2D eigenvalue weighted by Gasteiger charge is 2.06. The van der Waals surface area contributed by atoms with Gasteiger partial charge in [-0.2, -0.15) is 5.10 Å². The summed E-state index contributed by atoms with van der Waals surface area (Å²) in [4.78, 5) is 11.5. The Bertz CT molecular complexity index is 314. The Kier molecular flexibility index (Phi) is 7.58. The van der Waals surface area contributed by atoms with Gasteiger partial charge in [0.15, 0.2) is 0 Å². The highest BCUT2D eigenvalue weighted by Crippen LogP contribution is 1.97. The average Bonchev–Trinajstić information content (AvgIpc) is 2.72. The van der Waals surface area contributed by atoms with Gasteiger partial charge < -0.3 is 11.1 Å². The molecule has 0 radical (unpaired) electrons. The topological polar surface area (TPSA) is 72.9 Å². The van der Waals surface area contributed by atoms with E-state index in [1.165, 1.54) is 0 Å². The summed E-state index contributed by atoms with van der Waals surface area (Å²) in [6.07, 6.45) is 5.19. The van der Waals surface area contributed by atoms with E-state index in [4.69, 9.17) is 5.73 Å². The van der Waals surface area contributed by atoms with Crippen LogP contribution in [0.2, 0.25) is 0 Å². The molecule has 0 aliphatic heterocycles. The van der Waals surface area contributed by atoms with E-state index in [1.807, 2.05) is 6.92 Å². The monoisotopic (exact) mass is 246 g/mol. The second kappa shape index (κ2) is 8.13. The van der Waals surface area contributed by atoms with Crippen molar-refractivity contribution < 1.29 is 4.79 Å². The molecule has 0 unspecified atom stereocenters. The molecule has 0 fully saturated rings. The van der Waals surface area contributed by atoms with Gasteiger partial charge >= 0.3 is 0 Å². The molecule has 92 valence electrons. The van der Waals surface area contributed by atoms with Crippen LogP contribution >= 0.6 is 12.4 Å². The van der Waals surface area contributed by atoms with Crippen molar-refractivity contribution in [2.45, 2.75) is 26.3 Å². The molecule has 0 aliphatic rings. The molecule has 6 heteroatoms. The van der Waals surface area contributed by atoms with Gasteiger partial charge in [0.2, 0.25) is 0 Å². The zero-order valence-electron chi connectivity index (χ0n) is 9.48. The Labute approximate surface area is 102 Å². The molecule has 1 amide bonds. The van der Waals surface area contributed by atoms with Crippen LogP contribution in [0.15, 0.2) is 12.4 Å². The number of unbranched alkanes of at least 4 members (excludes halogenated alkanes) is 1. The van der Waals surface area contributed by atoms with Crippen molar-refractivity contribution in [2.24, 2.45) is 5.73 Å². The van der Waals surface area contributed by atoms with Crippen LogP contribution < -0.4 is 11.1 Å². The third-order valence-electron chi connectivity index (χ3n) is 2.14. The maximum Gasteiger partial charge on any atom is 0.254 e. The number of aryl methyl sites for hydroxylation is 1. The first-order chi connectivity index (χ1) is 7.27. The van der Waals surface area contributed by atoms with Gasteiger partial charge in [-0.3, -0.25) is 9.48 Å². The summed E-state index contributed by atoms with van der Waals surface area (Å²) in [6, 6.07) is 0. The smallest absolute Gasteiger partial charge is 0.254 e. The molecule has 0 bridgehead atoms. The number of aromatic nitrogens is 2. The number of carbonyl (C=O) groups excluding carboxylic acids is 1. The fourth-order valence-corrected chi connectivity index (χ4v) is 1.23. The predicted octanol–water partition coefficient (Wildman–Crippen LogP) is 0.793. The number of rotatable bonds is 6. The molecular weight excluding hydrogens is 228 g/mol. The van der Waals surface area contributed by atoms with E-state index < -0.39 is 0 Å². The molecule has 1 rings (SSSR count). The maximum atomic E-state index is 11.5. The van der Waals surface area contributed by atoms with Gasteiger partial charge in [0.25, 0.3) is 5.91 Å². The van der Waals surface area contributed by atoms with Crippen molar-refractivity contribution >= 4 is 18.3 Å². The molecule has 0 aromatic carbocycles. The largest absolute Gasteiger partial charge is 0.352 e. The molecule has 1 aromatic rings. The molecule has 0 aliphatic carbocycles. The molecule has 1 aromatic heterocycles. The second-order valence-corrected chi connectivity index (χ2v) is 3.34. The molecule has 0 saturated carbocycles. The Morgan fingerprint density at radius 1 is 1.56 bits per heavy atom. The Balaban J connectivity index is 0.00000225. The molecule has 1 heterocycles. The van der Waals surface area contributed by atoms with Crippen molar-refractivity contribution in [3.8, 4) is 0 Å². The lowest BCUT2D eigenvalue weighted by Gasteiger charge is -2.01. The van der Waals surface area contributed by atoms with E-state index in [9.17, 15) is 4.79 Å². The number of nitrogens with one attached hydrogen (secondary N) is 1. The lowest BCUT2D eigenvalue weighted by Crippen LogP contribution is -2.24. The molecule has 16 heavy (non-hydrogen) atoms. The van der Waals surface area contributed by atoms with Crippen LogP contribution in [0.25, 0.3) is 0 Å². The number of nitrogens with zero attached hydrogens (tertiary/aromatic N) is 2. The number of hydrogen-bond acceptors (Lipinski definition) is 3. The van der Waals surface area contributed by atoms with E-state index in [0.29, 0.717) is 18.7 Å². The molecule has 3 N–H and O–H groups in total. The fourth-order valence-electron chi connectivity index (χ4n) is 1.23. The molecule has 5 nitrogen and oxygen atoms in total. The van der Waals surface area contributed by atoms with Crippen molar-refractivity contribution in [2.75, 3.05) is 13.1 Å². The van der Waals surface area contributed by atoms with Crippen molar-refractivity contribution in [1.82, 2.24) is 15.1 Å². The van der Waals surface area contributed by atoms with Crippen LogP contribution in [0.1, 0.15) is 30.1 Å². The van der Waals surface area contributed by atoms with Crippen LogP contribution in [0.4, 0.5) is 0 Å². The molecule has 0 atom stereocenters. The van der Waals surface area contributed by atoms with E-state index in [0.717, 1.165) is 19.4 Å². The first-order valence-corrected chi connectivity index (χ1v) is 5.28. The van der Waals surface area contributed by atoms with Crippen LogP contribution in [0.3, 0.4) is 0 Å². The maximum absolute atomic E-state index is 11.5. The average molecular weight is 247 g/mol. The van der Waals surface area contributed by atoms with E-state index in [-0.39, 0.29) is 18.3 Å². The summed E-state index contributed by atoms with van der Waals surface area (Å²) in [5, 5.41) is 6.86. The first-order valence-electron chi connectivity index (χ1n) is 5.28. The summed E-state index contributed by atoms with van der Waals surface area (Å²) in [5.41, 5.74) is 5.97.